The molecule has 2 heteroatoms. The van der Waals surface area contributed by atoms with Crippen LogP contribution >= 0.6 is 0 Å². The fourth-order valence-corrected chi connectivity index (χ4v) is 1.05. The van der Waals surface area contributed by atoms with Crippen molar-refractivity contribution in [2.75, 3.05) is 6.54 Å². The summed E-state index contributed by atoms with van der Waals surface area (Å²) in [5.41, 5.74) is 0. The normalized spacial score (nSPS) is 19.0. The molecule has 1 rings (SSSR count). The van der Waals surface area contributed by atoms with Crippen molar-refractivity contribution in [3.63, 3.8) is 0 Å². The van der Waals surface area contributed by atoms with Crippen molar-refractivity contribution in [3.05, 3.63) is 0 Å². The van der Waals surface area contributed by atoms with Gasteiger partial charge in [0, 0.05) is 12.8 Å². The first-order valence-electron chi connectivity index (χ1n) is 3.41. The summed E-state index contributed by atoms with van der Waals surface area (Å²) in [7, 11) is 0. The lowest BCUT2D eigenvalue weighted by Gasteiger charge is -2.02. The molecule has 0 aliphatic carbocycles. The van der Waals surface area contributed by atoms with E-state index in [2.05, 4.69) is 0 Å². The molecule has 9 heavy (non-hydrogen) atoms. The highest BCUT2D eigenvalue weighted by Gasteiger charge is 2.13. The van der Waals surface area contributed by atoms with Gasteiger partial charge >= 0.3 is 5.91 Å². The highest BCUT2D eigenvalue weighted by molar-refractivity contribution is 5.70. The quantitative estimate of drug-likeness (QED) is 0.270. The zero-order chi connectivity index (χ0) is 6.69. The van der Waals surface area contributed by atoms with E-state index in [4.69, 9.17) is 0 Å². The molecule has 0 saturated heterocycles. The molecule has 0 N–H and O–H groups in total. The molecular formula is C7H12NO+. The third kappa shape index (κ3) is 1.63. The van der Waals surface area contributed by atoms with E-state index in [9.17, 15) is 4.79 Å². The van der Waals surface area contributed by atoms with Crippen LogP contribution < -0.4 is 0 Å². The zero-order valence-corrected chi connectivity index (χ0v) is 5.76. The molecule has 0 aromatic heterocycles. The van der Waals surface area contributed by atoms with Crippen molar-refractivity contribution < 1.29 is 9.37 Å². The Labute approximate surface area is 55.2 Å². The number of rotatable bonds is 0. The molecule has 1 aliphatic heterocycles. The summed E-state index contributed by atoms with van der Waals surface area (Å²) in [5, 5.41) is 0. The number of hydrogen-bond donors (Lipinski definition) is 0. The van der Waals surface area contributed by atoms with Gasteiger partial charge in [-0.05, 0) is 6.42 Å². The van der Waals surface area contributed by atoms with E-state index in [1.54, 1.807) is 11.5 Å². The van der Waals surface area contributed by atoms with Gasteiger partial charge in [-0.3, -0.25) is 0 Å². The van der Waals surface area contributed by atoms with E-state index in [0.717, 1.165) is 19.4 Å². The monoisotopic (exact) mass is 131 g/mol. The van der Waals surface area contributed by atoms with Crippen molar-refractivity contribution in [3.8, 4) is 0 Å². The van der Waals surface area contributed by atoms with Gasteiger partial charge < -0.3 is 0 Å². The predicted octanol–water partition coefficient (Wildman–Crippen LogP) is 0.800. The standard InChI is InChI=1S/C7H12NO/c1-7(9)8-5-3-2-4-6-8/h5H,2-4,6H2,1H3/q+1/i2+1,3+1,4+1,6+1,8+1. The second-order valence-electron chi connectivity index (χ2n) is 2.39. The number of amides is 1. The van der Waals surface area contributed by atoms with Crippen molar-refractivity contribution in [2.45, 2.75) is 26.2 Å². The summed E-state index contributed by atoms with van der Waals surface area (Å²) in [5.74, 6) is 0.176. The molecule has 0 radical (unpaired) electrons. The van der Waals surface area contributed by atoms with Crippen LogP contribution in [0.1, 0.15) is 26.2 Å². The number of carbonyl (C=O) groups is 1. The molecule has 2 nitrogen and oxygen atoms in total. The van der Waals surface area contributed by atoms with Crippen LogP contribution in [-0.4, -0.2) is 23.2 Å². The molecule has 0 atom stereocenters. The van der Waals surface area contributed by atoms with Crippen LogP contribution in [0.25, 0.3) is 0 Å². The summed E-state index contributed by atoms with van der Waals surface area (Å²) < 4.78 is 1.80. The van der Waals surface area contributed by atoms with Crippen LogP contribution in [-0.2, 0) is 4.79 Å². The van der Waals surface area contributed by atoms with Crippen LogP contribution in [0.3, 0.4) is 0 Å². The minimum absolute atomic E-state index is 0.176. The Bertz CT molecular complexity index is 149. The van der Waals surface area contributed by atoms with Crippen LogP contribution in [0.4, 0.5) is 0 Å². The molecule has 0 aromatic rings. The summed E-state index contributed by atoms with van der Waals surface area (Å²) in [4.78, 5) is 10.7. The average Bonchev–Trinajstić information content (AvgIpc) is 1.90. The molecule has 0 aromatic carbocycles. The van der Waals surface area contributed by atoms with E-state index in [-0.39, 0.29) is 5.91 Å². The first kappa shape index (κ1) is 6.46. The van der Waals surface area contributed by atoms with Crippen molar-refractivity contribution in [1.29, 1.82) is 0 Å². The smallest absolute Gasteiger partial charge is 0.220 e. The Balaban J connectivity index is 2.57. The highest BCUT2D eigenvalue weighted by Crippen LogP contribution is 1.99. The summed E-state index contributed by atoms with van der Waals surface area (Å²) in [6.07, 6.45) is 5.46. The predicted molar refractivity (Wildman–Crippen MR) is 35.7 cm³/mol. The molecule has 0 fully saturated rings. The maximum absolute atomic E-state index is 10.7. The Morgan fingerprint density at radius 2 is 2.33 bits per heavy atom. The second-order valence-corrected chi connectivity index (χ2v) is 2.39. The van der Waals surface area contributed by atoms with Gasteiger partial charge in [0.1, 0.15) is 6.21 Å². The lowest BCUT2D eigenvalue weighted by atomic mass is 10.8. The Morgan fingerprint density at radius 3 is 2.67 bits per heavy atom. The summed E-state index contributed by atoms with van der Waals surface area (Å²) in [6, 6.07) is 0. The van der Waals surface area contributed by atoms with Gasteiger partial charge in [-0.15, -0.1) is 0 Å². The van der Waals surface area contributed by atoms with Crippen LogP contribution in [0.2, 0.25) is 0 Å². The number of nitrogens with zero attached hydrogens (tertiary/aromatic N) is 1. The summed E-state index contributed by atoms with van der Waals surface area (Å²) >= 11 is 0. The Morgan fingerprint density at radius 1 is 1.56 bits per heavy atom. The second kappa shape index (κ2) is 2.76. The van der Waals surface area contributed by atoms with Crippen LogP contribution in [0.5, 0.6) is 0 Å². The largest absolute Gasteiger partial charge is 0.383 e. The third-order valence-electron chi connectivity index (χ3n) is 1.61. The van der Waals surface area contributed by atoms with E-state index < -0.39 is 0 Å². The van der Waals surface area contributed by atoms with Crippen molar-refractivity contribution in [1.82, 2.24) is 0 Å². The third-order valence-corrected chi connectivity index (χ3v) is 1.61. The van der Waals surface area contributed by atoms with Gasteiger partial charge in [0.15, 0.2) is 6.54 Å². The SMILES string of the molecule is CC(=O)[15N+]1=C[13CH2][13CH2][13CH2][13CH2]1. The van der Waals surface area contributed by atoms with Gasteiger partial charge in [-0.2, -0.15) is 4.58 Å². The lowest BCUT2D eigenvalue weighted by Crippen LogP contribution is -2.23. The first-order chi connectivity index (χ1) is 4.30. The maximum Gasteiger partial charge on any atom is 0.383 e. The van der Waals surface area contributed by atoms with Crippen molar-refractivity contribution >= 4 is 12.1 Å². The molecule has 0 saturated carbocycles. The van der Waals surface area contributed by atoms with E-state index in [0.29, 0.717) is 0 Å². The van der Waals surface area contributed by atoms with Gasteiger partial charge in [-0.25, -0.2) is 4.79 Å². The number of carbonyl (C=O) groups excluding carboxylic acids is 1. The summed E-state index contributed by atoms with van der Waals surface area (Å²) in [6.45, 7) is 2.54. The minimum atomic E-state index is 0.176. The van der Waals surface area contributed by atoms with E-state index in [1.165, 1.54) is 6.42 Å². The number of hydrogen-bond acceptors (Lipinski definition) is 1. The maximum atomic E-state index is 10.7. The molecule has 1 amide bonds. The first-order valence-corrected chi connectivity index (χ1v) is 3.41. The fourth-order valence-electron chi connectivity index (χ4n) is 1.05. The van der Waals surface area contributed by atoms with Gasteiger partial charge in [0.05, 0.1) is 6.92 Å². The van der Waals surface area contributed by atoms with Crippen LogP contribution in [0, 0.1) is 0 Å². The van der Waals surface area contributed by atoms with Gasteiger partial charge in [0.25, 0.3) is 0 Å². The van der Waals surface area contributed by atoms with Gasteiger partial charge in [0.2, 0.25) is 0 Å². The molecule has 0 spiro atoms. The Kier molecular flexibility index (Phi) is 1.98. The molecule has 0 bridgehead atoms. The van der Waals surface area contributed by atoms with Crippen molar-refractivity contribution in [2.24, 2.45) is 0 Å². The average molecular weight is 131 g/mol. The van der Waals surface area contributed by atoms with E-state index >= 15 is 0 Å². The topological polar surface area (TPSA) is 20.1 Å². The molecular weight excluding hydrogens is 119 g/mol. The van der Waals surface area contributed by atoms with Crippen LogP contribution in [0.15, 0.2) is 0 Å². The minimum Gasteiger partial charge on any atom is -0.220 e. The molecule has 50 valence electrons. The molecule has 0 unspecified atom stereocenters. The molecule has 1 aliphatic rings. The molecule has 1 heterocycles. The lowest BCUT2D eigenvalue weighted by molar-refractivity contribution is -0.448. The fraction of sp³-hybridized carbons (Fsp3) is 0.714. The van der Waals surface area contributed by atoms with E-state index in [1.807, 2.05) is 6.21 Å². The Hall–Kier alpha value is -0.660. The van der Waals surface area contributed by atoms with Gasteiger partial charge in [-0.1, -0.05) is 0 Å². The zero-order valence-electron chi connectivity index (χ0n) is 5.76. The highest BCUT2D eigenvalue weighted by atomic mass is 16.2.